The number of allylic oxidation sites excluding steroid dienone is 3. The molecule has 1 aliphatic rings. The Labute approximate surface area is 134 Å². The maximum Gasteiger partial charge on any atom is 0.132 e. The molecule has 0 saturated carbocycles. The molecule has 0 spiro atoms. The molecule has 5 heteroatoms. The predicted molar refractivity (Wildman–Crippen MR) is 73.9 cm³/mol. The number of methoxy groups -OCH3 is 1. The molecule has 0 bridgehead atoms. The van der Waals surface area contributed by atoms with Crippen LogP contribution in [0.2, 0.25) is 0 Å². The number of hydrogen-bond donors (Lipinski definition) is 0. The molecular weight excluding hydrogens is 311 g/mol. The minimum Gasteiger partial charge on any atom is -0.496 e. The Morgan fingerprint density at radius 1 is 1.24 bits per heavy atom. The zero-order chi connectivity index (χ0) is 9.80. The van der Waals surface area contributed by atoms with Gasteiger partial charge in [0.05, 0.1) is 12.0 Å². The zero-order valence-electron chi connectivity index (χ0n) is 9.30. The number of ether oxygens (including phenoxy) is 1. The molecule has 0 aromatic heterocycles. The summed E-state index contributed by atoms with van der Waals surface area (Å²) < 4.78 is 5.27. The molecule has 0 unspecified atom stereocenters. The molecule has 1 nitrogen and oxygen atoms in total. The molecule has 0 saturated heterocycles. The molecule has 92 valence electrons. The first-order valence-corrected chi connectivity index (χ1v) is 5.30. The van der Waals surface area contributed by atoms with E-state index in [-0.39, 0.29) is 46.5 Å². The first kappa shape index (κ1) is 19.5. The van der Waals surface area contributed by atoms with Crippen LogP contribution < -0.4 is 4.74 Å². The van der Waals surface area contributed by atoms with Crippen molar-refractivity contribution in [1.82, 2.24) is 0 Å². The summed E-state index contributed by atoms with van der Waals surface area (Å²) in [4.78, 5) is 2.32. The molecule has 2 rings (SSSR count). The number of halogens is 2. The second-order valence-electron chi connectivity index (χ2n) is 2.90. The van der Waals surface area contributed by atoms with Crippen molar-refractivity contribution in [3.8, 4) is 5.75 Å². The summed E-state index contributed by atoms with van der Waals surface area (Å²) >= 11 is 1.70. The summed E-state index contributed by atoms with van der Waals surface area (Å²) in [7, 11) is 1.70. The molecule has 17 heavy (non-hydrogen) atoms. The van der Waals surface area contributed by atoms with Crippen molar-refractivity contribution in [2.45, 2.75) is 11.3 Å². The van der Waals surface area contributed by atoms with Crippen molar-refractivity contribution in [2.75, 3.05) is 7.11 Å². The third-order valence-corrected chi connectivity index (χ3v) is 3.01. The van der Waals surface area contributed by atoms with Gasteiger partial charge >= 0.3 is 0 Å². The molecule has 0 heterocycles. The molecular formula is C12H13Cl2OSTi-. The van der Waals surface area contributed by atoms with Crippen molar-refractivity contribution in [3.63, 3.8) is 0 Å². The molecule has 1 aromatic rings. The van der Waals surface area contributed by atoms with Crippen LogP contribution in [0.4, 0.5) is 0 Å². The van der Waals surface area contributed by atoms with Crippen LogP contribution in [-0.4, -0.2) is 7.11 Å². The number of thioether (sulfide) groups is 1. The monoisotopic (exact) mass is 323 g/mol. The Morgan fingerprint density at radius 2 is 1.94 bits per heavy atom. The van der Waals surface area contributed by atoms with Gasteiger partial charge in [-0.05, 0) is 12.1 Å². The SMILES string of the molecule is COc1ccccc1SC1=[C-]CC=C1.Cl.Cl.[Ti]. The van der Waals surface area contributed by atoms with E-state index in [2.05, 4.69) is 24.3 Å². The van der Waals surface area contributed by atoms with Crippen molar-refractivity contribution < 1.29 is 26.5 Å². The van der Waals surface area contributed by atoms with Crippen LogP contribution in [0.3, 0.4) is 0 Å². The minimum absolute atomic E-state index is 0. The minimum atomic E-state index is 0. The molecule has 0 amide bonds. The van der Waals surface area contributed by atoms with Gasteiger partial charge in [0, 0.05) is 21.7 Å². The number of para-hydroxylation sites is 1. The normalized spacial score (nSPS) is 11.7. The van der Waals surface area contributed by atoms with Gasteiger partial charge in [-0.15, -0.1) is 43.0 Å². The maximum absolute atomic E-state index is 5.27. The van der Waals surface area contributed by atoms with Gasteiger partial charge in [-0.3, -0.25) is 6.08 Å². The first-order valence-electron chi connectivity index (χ1n) is 4.48. The van der Waals surface area contributed by atoms with E-state index in [0.29, 0.717) is 0 Å². The Bertz CT molecular complexity index is 394. The van der Waals surface area contributed by atoms with Crippen molar-refractivity contribution >= 4 is 36.6 Å². The number of hydrogen-bond acceptors (Lipinski definition) is 2. The van der Waals surface area contributed by atoms with Crippen molar-refractivity contribution in [1.29, 1.82) is 0 Å². The van der Waals surface area contributed by atoms with E-state index < -0.39 is 0 Å². The van der Waals surface area contributed by atoms with Crippen LogP contribution in [0.5, 0.6) is 5.75 Å². The van der Waals surface area contributed by atoms with Crippen LogP contribution in [0.15, 0.2) is 46.2 Å². The quantitative estimate of drug-likeness (QED) is 0.606. The van der Waals surface area contributed by atoms with Gasteiger partial charge in [-0.2, -0.15) is 11.0 Å². The molecule has 1 aliphatic carbocycles. The molecule has 0 fully saturated rings. The maximum atomic E-state index is 5.27. The fraction of sp³-hybridized carbons (Fsp3) is 0.167. The molecule has 0 atom stereocenters. The van der Waals surface area contributed by atoms with Crippen LogP contribution in [0.25, 0.3) is 0 Å². The van der Waals surface area contributed by atoms with Crippen LogP contribution >= 0.6 is 36.6 Å². The van der Waals surface area contributed by atoms with Gasteiger partial charge < -0.3 is 4.74 Å². The van der Waals surface area contributed by atoms with Gasteiger partial charge in [0.15, 0.2) is 0 Å². The zero-order valence-corrected chi connectivity index (χ0v) is 13.3. The summed E-state index contributed by atoms with van der Waals surface area (Å²) in [6.45, 7) is 0. The standard InChI is InChI=1S/C12H11OS.2ClH.Ti/c1-13-11-8-4-5-9-12(11)14-10-6-2-3-7-10;;;/h2,4-6,8-9H,3H2,1H3;2*1H;/q-1;;;. The number of benzene rings is 1. The summed E-state index contributed by atoms with van der Waals surface area (Å²) in [5, 5.41) is 0. The Hall–Kier alpha value is 0.144. The van der Waals surface area contributed by atoms with Crippen LogP contribution in [0.1, 0.15) is 6.42 Å². The second-order valence-corrected chi connectivity index (χ2v) is 3.98. The molecule has 0 N–H and O–H groups in total. The van der Waals surface area contributed by atoms with E-state index >= 15 is 0 Å². The van der Waals surface area contributed by atoms with Gasteiger partial charge in [0.2, 0.25) is 0 Å². The van der Waals surface area contributed by atoms with Gasteiger partial charge in [-0.1, -0.05) is 12.1 Å². The van der Waals surface area contributed by atoms with E-state index in [1.807, 2.05) is 18.2 Å². The predicted octanol–water partition coefficient (Wildman–Crippen LogP) is 4.28. The van der Waals surface area contributed by atoms with Crippen LogP contribution in [0, 0.1) is 6.08 Å². The molecule has 0 aliphatic heterocycles. The van der Waals surface area contributed by atoms with Crippen LogP contribution in [-0.2, 0) is 21.7 Å². The largest absolute Gasteiger partial charge is 0.496 e. The molecule has 1 aromatic carbocycles. The molecule has 0 radical (unpaired) electrons. The first-order chi connectivity index (χ1) is 6.90. The average Bonchev–Trinajstić information content (AvgIpc) is 2.71. The average molecular weight is 324 g/mol. The van der Waals surface area contributed by atoms with E-state index in [0.717, 1.165) is 17.1 Å². The fourth-order valence-electron chi connectivity index (χ4n) is 1.28. The van der Waals surface area contributed by atoms with Gasteiger partial charge in [0.25, 0.3) is 0 Å². The van der Waals surface area contributed by atoms with Gasteiger partial charge in [0.1, 0.15) is 5.75 Å². The van der Waals surface area contributed by atoms with Gasteiger partial charge in [-0.25, -0.2) is 6.08 Å². The smallest absolute Gasteiger partial charge is 0.132 e. The summed E-state index contributed by atoms with van der Waals surface area (Å²) in [5.41, 5.74) is 0. The second kappa shape index (κ2) is 10.1. The third-order valence-electron chi connectivity index (χ3n) is 1.95. The topological polar surface area (TPSA) is 9.23 Å². The van der Waals surface area contributed by atoms with E-state index in [9.17, 15) is 0 Å². The van der Waals surface area contributed by atoms with E-state index in [1.165, 1.54) is 4.91 Å². The van der Waals surface area contributed by atoms with E-state index in [4.69, 9.17) is 4.74 Å². The Morgan fingerprint density at radius 3 is 2.53 bits per heavy atom. The Kier molecular flexibility index (Phi) is 11.6. The Balaban J connectivity index is 0. The third kappa shape index (κ3) is 5.54. The van der Waals surface area contributed by atoms with Crippen molar-refractivity contribution in [3.05, 3.63) is 47.4 Å². The fourth-order valence-corrected chi connectivity index (χ4v) is 2.23. The summed E-state index contributed by atoms with van der Waals surface area (Å²) in [6.07, 6.45) is 8.40. The van der Waals surface area contributed by atoms with E-state index in [1.54, 1.807) is 18.9 Å². The summed E-state index contributed by atoms with van der Waals surface area (Å²) in [5.74, 6) is 0.923. The van der Waals surface area contributed by atoms with Crippen molar-refractivity contribution in [2.24, 2.45) is 0 Å². The number of rotatable bonds is 3. The summed E-state index contributed by atoms with van der Waals surface area (Å²) in [6, 6.07) is 8.03.